The molecule has 1 aromatic rings. The van der Waals surface area contributed by atoms with Gasteiger partial charge in [-0.3, -0.25) is 9.59 Å². The van der Waals surface area contributed by atoms with E-state index in [4.69, 9.17) is 0 Å². The van der Waals surface area contributed by atoms with Crippen molar-refractivity contribution in [3.8, 4) is 0 Å². The van der Waals surface area contributed by atoms with Crippen LogP contribution in [0.1, 0.15) is 68.5 Å². The van der Waals surface area contributed by atoms with Crippen molar-refractivity contribution >= 4 is 11.8 Å². The Balaban J connectivity index is 1.45. The SMILES string of the molecule is O=C(CCC(=O)N[C@H]1CCCc2ccccc21)NC1CCCC1. The molecular weight excluding hydrogens is 288 g/mol. The first kappa shape index (κ1) is 16.0. The van der Waals surface area contributed by atoms with Crippen LogP contribution in [0.15, 0.2) is 24.3 Å². The molecule has 0 unspecified atom stereocenters. The number of nitrogens with one attached hydrogen (secondary N) is 2. The summed E-state index contributed by atoms with van der Waals surface area (Å²) in [7, 11) is 0. The van der Waals surface area contributed by atoms with Crippen LogP contribution in [0.5, 0.6) is 0 Å². The van der Waals surface area contributed by atoms with E-state index in [1.54, 1.807) is 0 Å². The lowest BCUT2D eigenvalue weighted by molar-refractivity contribution is -0.127. The number of hydrogen-bond donors (Lipinski definition) is 2. The van der Waals surface area contributed by atoms with E-state index in [2.05, 4.69) is 28.8 Å². The average Bonchev–Trinajstić information content (AvgIpc) is 3.06. The van der Waals surface area contributed by atoms with Crippen molar-refractivity contribution in [3.05, 3.63) is 35.4 Å². The molecule has 23 heavy (non-hydrogen) atoms. The molecular formula is C19H26N2O2. The third-order valence-corrected chi connectivity index (χ3v) is 5.00. The quantitative estimate of drug-likeness (QED) is 0.877. The van der Waals surface area contributed by atoms with Crippen LogP contribution in [-0.4, -0.2) is 17.9 Å². The van der Waals surface area contributed by atoms with E-state index in [-0.39, 0.29) is 30.7 Å². The highest BCUT2D eigenvalue weighted by Crippen LogP contribution is 2.29. The van der Waals surface area contributed by atoms with Gasteiger partial charge in [0.2, 0.25) is 11.8 Å². The zero-order valence-electron chi connectivity index (χ0n) is 13.6. The summed E-state index contributed by atoms with van der Waals surface area (Å²) in [6, 6.07) is 8.75. The third-order valence-electron chi connectivity index (χ3n) is 5.00. The van der Waals surface area contributed by atoms with Crippen molar-refractivity contribution in [2.24, 2.45) is 0 Å². The molecule has 4 nitrogen and oxygen atoms in total. The predicted molar refractivity (Wildman–Crippen MR) is 89.9 cm³/mol. The zero-order chi connectivity index (χ0) is 16.1. The van der Waals surface area contributed by atoms with Gasteiger partial charge in [-0.2, -0.15) is 0 Å². The normalized spacial score (nSPS) is 20.8. The van der Waals surface area contributed by atoms with Crippen molar-refractivity contribution in [2.75, 3.05) is 0 Å². The van der Waals surface area contributed by atoms with Gasteiger partial charge in [0.1, 0.15) is 0 Å². The van der Waals surface area contributed by atoms with E-state index >= 15 is 0 Å². The summed E-state index contributed by atoms with van der Waals surface area (Å²) in [5.41, 5.74) is 2.57. The van der Waals surface area contributed by atoms with E-state index in [0.29, 0.717) is 6.04 Å². The number of carbonyl (C=O) groups excluding carboxylic acids is 2. The van der Waals surface area contributed by atoms with Crippen LogP contribution in [0.2, 0.25) is 0 Å². The first-order chi connectivity index (χ1) is 11.2. The summed E-state index contributed by atoms with van der Waals surface area (Å²) in [4.78, 5) is 24.1. The van der Waals surface area contributed by atoms with Crippen molar-refractivity contribution in [3.63, 3.8) is 0 Å². The zero-order valence-corrected chi connectivity index (χ0v) is 13.6. The fourth-order valence-electron chi connectivity index (χ4n) is 3.77. The maximum atomic E-state index is 12.2. The average molecular weight is 314 g/mol. The number of benzene rings is 1. The summed E-state index contributed by atoms with van der Waals surface area (Å²) < 4.78 is 0. The van der Waals surface area contributed by atoms with Gasteiger partial charge in [0, 0.05) is 18.9 Å². The van der Waals surface area contributed by atoms with Crippen LogP contribution in [-0.2, 0) is 16.0 Å². The van der Waals surface area contributed by atoms with E-state index in [0.717, 1.165) is 32.1 Å². The van der Waals surface area contributed by atoms with Crippen molar-refractivity contribution in [1.29, 1.82) is 0 Å². The Morgan fingerprint density at radius 1 is 0.913 bits per heavy atom. The van der Waals surface area contributed by atoms with Crippen molar-refractivity contribution in [2.45, 2.75) is 69.9 Å². The van der Waals surface area contributed by atoms with Gasteiger partial charge < -0.3 is 10.6 Å². The first-order valence-corrected chi connectivity index (χ1v) is 8.89. The Bertz CT molecular complexity index is 564. The van der Waals surface area contributed by atoms with Crippen LogP contribution in [0.25, 0.3) is 0 Å². The lowest BCUT2D eigenvalue weighted by Gasteiger charge is -2.26. The molecule has 1 atom stereocenters. The molecule has 0 spiro atoms. The minimum atomic E-state index is -0.0201. The van der Waals surface area contributed by atoms with Gasteiger partial charge in [-0.05, 0) is 43.2 Å². The van der Waals surface area contributed by atoms with Crippen molar-refractivity contribution < 1.29 is 9.59 Å². The summed E-state index contributed by atoms with van der Waals surface area (Å²) in [6.07, 6.45) is 8.30. The Kier molecular flexibility index (Phi) is 5.31. The summed E-state index contributed by atoms with van der Waals surface area (Å²) >= 11 is 0. The molecule has 124 valence electrons. The van der Waals surface area contributed by atoms with Gasteiger partial charge in [0.25, 0.3) is 0 Å². The van der Waals surface area contributed by atoms with E-state index in [1.807, 2.05) is 6.07 Å². The monoisotopic (exact) mass is 314 g/mol. The molecule has 2 N–H and O–H groups in total. The fourth-order valence-corrected chi connectivity index (χ4v) is 3.77. The molecule has 0 heterocycles. The molecule has 1 aromatic carbocycles. The number of carbonyl (C=O) groups is 2. The number of hydrogen-bond acceptors (Lipinski definition) is 2. The molecule has 1 saturated carbocycles. The Hall–Kier alpha value is -1.84. The molecule has 0 bridgehead atoms. The molecule has 2 aliphatic rings. The maximum absolute atomic E-state index is 12.2. The molecule has 1 fully saturated rings. The van der Waals surface area contributed by atoms with Crippen LogP contribution < -0.4 is 10.6 Å². The van der Waals surface area contributed by atoms with Gasteiger partial charge >= 0.3 is 0 Å². The summed E-state index contributed by atoms with van der Waals surface area (Å²) in [5.74, 6) is -0.00984. The molecule has 0 aromatic heterocycles. The smallest absolute Gasteiger partial charge is 0.220 e. The van der Waals surface area contributed by atoms with Crippen LogP contribution in [0.4, 0.5) is 0 Å². The second kappa shape index (κ2) is 7.62. The fraction of sp³-hybridized carbons (Fsp3) is 0.579. The van der Waals surface area contributed by atoms with Crippen LogP contribution in [0, 0.1) is 0 Å². The van der Waals surface area contributed by atoms with Gasteiger partial charge in [-0.1, -0.05) is 37.1 Å². The minimum absolute atomic E-state index is 0.0103. The first-order valence-electron chi connectivity index (χ1n) is 8.89. The number of aryl methyl sites for hydroxylation is 1. The van der Waals surface area contributed by atoms with Crippen LogP contribution >= 0.6 is 0 Å². The second-order valence-electron chi connectivity index (χ2n) is 6.76. The van der Waals surface area contributed by atoms with Crippen molar-refractivity contribution in [1.82, 2.24) is 10.6 Å². The van der Waals surface area contributed by atoms with E-state index in [9.17, 15) is 9.59 Å². The molecule has 0 aliphatic heterocycles. The lowest BCUT2D eigenvalue weighted by Crippen LogP contribution is -2.35. The Morgan fingerprint density at radius 2 is 1.61 bits per heavy atom. The molecule has 4 heteroatoms. The molecule has 3 rings (SSSR count). The molecule has 0 radical (unpaired) electrons. The number of fused-ring (bicyclic) bond motifs is 1. The molecule has 0 saturated heterocycles. The summed E-state index contributed by atoms with van der Waals surface area (Å²) in [6.45, 7) is 0. The van der Waals surface area contributed by atoms with Gasteiger partial charge in [0.05, 0.1) is 6.04 Å². The highest BCUT2D eigenvalue weighted by atomic mass is 16.2. The van der Waals surface area contributed by atoms with Gasteiger partial charge in [0.15, 0.2) is 0 Å². The lowest BCUT2D eigenvalue weighted by atomic mass is 9.87. The highest BCUT2D eigenvalue weighted by molar-refractivity contribution is 5.84. The van der Waals surface area contributed by atoms with Crippen LogP contribution in [0.3, 0.4) is 0 Å². The largest absolute Gasteiger partial charge is 0.353 e. The molecule has 2 amide bonds. The number of rotatable bonds is 5. The predicted octanol–water partition coefficient (Wildman–Crippen LogP) is 3.02. The standard InChI is InChI=1S/C19H26N2O2/c22-18(20-15-8-2-3-9-15)12-13-19(23)21-17-11-5-7-14-6-1-4-10-16(14)17/h1,4,6,10,15,17H,2-3,5,7-9,11-13H2,(H,20,22)(H,21,23)/t17-/m0/s1. The Morgan fingerprint density at radius 3 is 2.39 bits per heavy atom. The van der Waals surface area contributed by atoms with Gasteiger partial charge in [-0.25, -0.2) is 0 Å². The summed E-state index contributed by atoms with van der Waals surface area (Å²) in [5, 5.41) is 6.14. The topological polar surface area (TPSA) is 58.2 Å². The third kappa shape index (κ3) is 4.34. The Labute approximate surface area is 138 Å². The second-order valence-corrected chi connectivity index (χ2v) is 6.76. The van der Waals surface area contributed by atoms with E-state index < -0.39 is 0 Å². The number of amides is 2. The molecule has 2 aliphatic carbocycles. The minimum Gasteiger partial charge on any atom is -0.353 e. The van der Waals surface area contributed by atoms with E-state index in [1.165, 1.54) is 24.0 Å². The highest BCUT2D eigenvalue weighted by Gasteiger charge is 2.22. The van der Waals surface area contributed by atoms with Gasteiger partial charge in [-0.15, -0.1) is 0 Å². The maximum Gasteiger partial charge on any atom is 0.220 e.